The van der Waals surface area contributed by atoms with Crippen LogP contribution in [-0.2, 0) is 10.5 Å². The molecule has 25 heavy (non-hydrogen) atoms. The first kappa shape index (κ1) is 15.7. The zero-order valence-electron chi connectivity index (χ0n) is 13.9. The number of para-hydroxylation sites is 1. The number of hydrogen-bond acceptors (Lipinski definition) is 9. The van der Waals surface area contributed by atoms with Gasteiger partial charge in [0.05, 0.1) is 6.04 Å². The molecule has 0 spiro atoms. The maximum absolute atomic E-state index is 5.97. The summed E-state index contributed by atoms with van der Waals surface area (Å²) in [6.07, 6.45) is 3.37. The first-order valence-electron chi connectivity index (χ1n) is 8.20. The summed E-state index contributed by atoms with van der Waals surface area (Å²) in [6, 6.07) is 9.84. The molecule has 2 aliphatic heterocycles. The quantitative estimate of drug-likeness (QED) is 0.745. The van der Waals surface area contributed by atoms with Crippen LogP contribution in [0.5, 0.6) is 0 Å². The first-order chi connectivity index (χ1) is 12.2. The van der Waals surface area contributed by atoms with Crippen LogP contribution in [0.3, 0.4) is 0 Å². The van der Waals surface area contributed by atoms with E-state index < -0.39 is 5.66 Å². The Labute approximate surface area is 145 Å². The van der Waals surface area contributed by atoms with Crippen LogP contribution < -0.4 is 21.4 Å². The number of hydrogen-bond donors (Lipinski definition) is 3. The van der Waals surface area contributed by atoms with Crippen LogP contribution in [0.25, 0.3) is 0 Å². The number of nitrogens with zero attached hydrogens (tertiary/aromatic N) is 5. The Morgan fingerprint density at radius 3 is 2.76 bits per heavy atom. The zero-order chi connectivity index (χ0) is 17.3. The summed E-state index contributed by atoms with van der Waals surface area (Å²) in [5, 5.41) is 3.43. The minimum Gasteiger partial charge on any atom is -0.394 e. The molecule has 2 aliphatic rings. The second-order valence-electron chi connectivity index (χ2n) is 6.08. The summed E-state index contributed by atoms with van der Waals surface area (Å²) in [6.45, 7) is 0.918. The lowest BCUT2D eigenvalue weighted by molar-refractivity contribution is 0.0908. The summed E-state index contributed by atoms with van der Waals surface area (Å²) in [7, 11) is 1.89. The molecule has 1 aromatic heterocycles. The van der Waals surface area contributed by atoms with E-state index in [0.717, 1.165) is 25.1 Å². The van der Waals surface area contributed by atoms with Gasteiger partial charge in [0, 0.05) is 12.7 Å². The lowest BCUT2D eigenvalue weighted by atomic mass is 9.99. The number of anilines is 3. The van der Waals surface area contributed by atoms with Crippen molar-refractivity contribution in [3.05, 3.63) is 36.2 Å². The van der Waals surface area contributed by atoms with E-state index in [2.05, 4.69) is 30.7 Å². The smallest absolute Gasteiger partial charge is 0.234 e. The van der Waals surface area contributed by atoms with Crippen LogP contribution in [0.1, 0.15) is 18.7 Å². The van der Waals surface area contributed by atoms with E-state index in [0.29, 0.717) is 11.8 Å². The van der Waals surface area contributed by atoms with Crippen molar-refractivity contribution in [2.24, 2.45) is 4.99 Å². The molecule has 0 amide bonds. The van der Waals surface area contributed by atoms with Crippen molar-refractivity contribution >= 4 is 24.0 Å². The Kier molecular flexibility index (Phi) is 3.94. The van der Waals surface area contributed by atoms with Gasteiger partial charge in [-0.25, -0.2) is 4.99 Å². The summed E-state index contributed by atoms with van der Waals surface area (Å²) in [5.41, 5.74) is 8.97. The molecule has 9 nitrogen and oxygen atoms in total. The van der Waals surface area contributed by atoms with E-state index in [1.807, 2.05) is 42.3 Å². The summed E-state index contributed by atoms with van der Waals surface area (Å²) < 4.78 is 0. The van der Waals surface area contributed by atoms with Gasteiger partial charge in [0.1, 0.15) is 0 Å². The van der Waals surface area contributed by atoms with Crippen molar-refractivity contribution < 1.29 is 4.84 Å². The molecule has 130 valence electrons. The summed E-state index contributed by atoms with van der Waals surface area (Å²) >= 11 is 0. The van der Waals surface area contributed by atoms with E-state index in [4.69, 9.17) is 10.6 Å². The Hall–Kier alpha value is -2.78. The average Bonchev–Trinajstić information content (AvgIpc) is 3.33. The molecule has 0 radical (unpaired) electrons. The highest BCUT2D eigenvalue weighted by Crippen LogP contribution is 2.33. The van der Waals surface area contributed by atoms with Crippen molar-refractivity contribution in [1.29, 1.82) is 0 Å². The number of nitrogen functional groups attached to an aromatic ring is 1. The number of benzene rings is 1. The monoisotopic (exact) mass is 340 g/mol. The van der Waals surface area contributed by atoms with Crippen molar-refractivity contribution in [1.82, 2.24) is 25.7 Å². The van der Waals surface area contributed by atoms with E-state index in [1.54, 1.807) is 0 Å². The van der Waals surface area contributed by atoms with Crippen LogP contribution in [0.2, 0.25) is 0 Å². The van der Waals surface area contributed by atoms with Gasteiger partial charge in [-0.3, -0.25) is 0 Å². The van der Waals surface area contributed by atoms with Crippen LogP contribution in [0, 0.1) is 0 Å². The van der Waals surface area contributed by atoms with Crippen molar-refractivity contribution in [2.45, 2.75) is 24.5 Å². The van der Waals surface area contributed by atoms with Gasteiger partial charge in [0.2, 0.25) is 17.6 Å². The molecule has 4 N–H and O–H groups in total. The lowest BCUT2D eigenvalue weighted by Crippen LogP contribution is -2.52. The number of rotatable bonds is 4. The van der Waals surface area contributed by atoms with Crippen molar-refractivity contribution in [2.75, 3.05) is 24.2 Å². The third-order valence-electron chi connectivity index (χ3n) is 4.51. The van der Waals surface area contributed by atoms with Gasteiger partial charge in [-0.15, -0.1) is 5.48 Å². The fraction of sp³-hybridized carbons (Fsp3) is 0.375. The maximum Gasteiger partial charge on any atom is 0.234 e. The molecule has 4 rings (SSSR count). The number of aromatic nitrogens is 3. The van der Waals surface area contributed by atoms with Gasteiger partial charge in [0.15, 0.2) is 12.2 Å². The summed E-state index contributed by atoms with van der Waals surface area (Å²) in [4.78, 5) is 24.8. The molecule has 1 saturated heterocycles. The molecule has 1 aromatic carbocycles. The number of nitrogens with one attached hydrogen (secondary N) is 2. The normalized spacial score (nSPS) is 25.1. The maximum atomic E-state index is 5.97. The first-order valence-corrected chi connectivity index (χ1v) is 8.20. The second-order valence-corrected chi connectivity index (χ2v) is 6.08. The molecule has 2 atom stereocenters. The lowest BCUT2D eigenvalue weighted by Gasteiger charge is -2.30. The minimum absolute atomic E-state index is 0.0166. The van der Waals surface area contributed by atoms with Gasteiger partial charge in [-0.1, -0.05) is 18.2 Å². The van der Waals surface area contributed by atoms with Gasteiger partial charge in [-0.05, 0) is 31.5 Å². The number of nitrogens with two attached hydrogens (primary N) is 1. The predicted molar refractivity (Wildman–Crippen MR) is 94.2 cm³/mol. The fourth-order valence-electron chi connectivity index (χ4n) is 3.18. The molecule has 1 unspecified atom stereocenters. The van der Waals surface area contributed by atoms with Crippen molar-refractivity contribution in [3.8, 4) is 0 Å². The van der Waals surface area contributed by atoms with E-state index >= 15 is 0 Å². The SMILES string of the molecule is CN(c1ccccc1)c1nc(N)nc(C2([C@H]3CCCN3)N=CON2)n1. The molecular weight excluding hydrogens is 320 g/mol. The Morgan fingerprint density at radius 1 is 1.24 bits per heavy atom. The van der Waals surface area contributed by atoms with Gasteiger partial charge in [0.25, 0.3) is 0 Å². The van der Waals surface area contributed by atoms with Gasteiger partial charge < -0.3 is 20.8 Å². The molecule has 0 bridgehead atoms. The highest BCUT2D eigenvalue weighted by atomic mass is 16.7. The van der Waals surface area contributed by atoms with Gasteiger partial charge >= 0.3 is 0 Å². The van der Waals surface area contributed by atoms with E-state index in [-0.39, 0.29) is 12.0 Å². The average molecular weight is 340 g/mol. The molecule has 3 heterocycles. The second kappa shape index (κ2) is 6.26. The number of hydroxylamine groups is 1. The molecule has 9 heteroatoms. The van der Waals surface area contributed by atoms with Gasteiger partial charge in [-0.2, -0.15) is 15.0 Å². The fourth-order valence-corrected chi connectivity index (χ4v) is 3.18. The topological polar surface area (TPSA) is 114 Å². The standard InChI is InChI=1S/C16H20N8O/c1-24(11-6-3-2-4-7-11)15-21-13(20-14(17)22-15)16(19-10-25-23-16)12-8-5-9-18-12/h2-4,6-7,10,12,18,23H,5,8-9H2,1H3,(H2,17,20,21,22)/t12-,16?/m1/s1. The third kappa shape index (κ3) is 2.77. The molecule has 1 fully saturated rings. The minimum atomic E-state index is -0.903. The van der Waals surface area contributed by atoms with Crippen molar-refractivity contribution in [3.63, 3.8) is 0 Å². The molecule has 0 saturated carbocycles. The van der Waals surface area contributed by atoms with Crippen LogP contribution in [0.4, 0.5) is 17.6 Å². The Morgan fingerprint density at radius 2 is 2.08 bits per heavy atom. The third-order valence-corrected chi connectivity index (χ3v) is 4.51. The highest BCUT2D eigenvalue weighted by Gasteiger charge is 2.48. The largest absolute Gasteiger partial charge is 0.394 e. The molecular formula is C16H20N8O. The molecule has 0 aliphatic carbocycles. The Bertz CT molecular complexity index is 777. The predicted octanol–water partition coefficient (Wildman–Crippen LogP) is 0.690. The van der Waals surface area contributed by atoms with E-state index in [1.165, 1.54) is 6.40 Å². The van der Waals surface area contributed by atoms with Crippen LogP contribution >= 0.6 is 0 Å². The van der Waals surface area contributed by atoms with Crippen LogP contribution in [0.15, 0.2) is 35.3 Å². The molecule has 2 aromatic rings. The number of aliphatic imine (C=N–C) groups is 1. The van der Waals surface area contributed by atoms with E-state index in [9.17, 15) is 0 Å². The summed E-state index contributed by atoms with van der Waals surface area (Å²) in [5.74, 6) is 1.03. The highest BCUT2D eigenvalue weighted by molar-refractivity contribution is 5.57. The van der Waals surface area contributed by atoms with Crippen LogP contribution in [-0.4, -0.2) is 41.0 Å². The zero-order valence-corrected chi connectivity index (χ0v) is 13.9. The Balaban J connectivity index is 1.75.